The molecule has 0 aromatic carbocycles. The van der Waals surface area contributed by atoms with Crippen molar-refractivity contribution in [3.8, 4) is 0 Å². The van der Waals surface area contributed by atoms with Crippen molar-refractivity contribution in [3.63, 3.8) is 0 Å². The normalized spacial score (nSPS) is 4.50. The molecule has 3 heteroatoms. The maximum atomic E-state index is 4.89. The van der Waals surface area contributed by atoms with Gasteiger partial charge < -0.3 is 0 Å². The molecule has 0 aliphatic heterocycles. The topological polar surface area (TPSA) is 26.0 Å². The van der Waals surface area contributed by atoms with Crippen LogP contribution in [0.3, 0.4) is 0 Å². The fourth-order valence-electron chi connectivity index (χ4n) is 0. The molecular formula is CH5ClNSn. The van der Waals surface area contributed by atoms with Gasteiger partial charge in [0.05, 0.1) is 0 Å². The molecule has 0 rings (SSSR count). The Morgan fingerprint density at radius 1 is 1.75 bits per heavy atom. The third-order valence-electron chi connectivity index (χ3n) is 0. The summed E-state index contributed by atoms with van der Waals surface area (Å²) in [6, 6.07) is 0. The molecule has 0 aliphatic rings. The van der Waals surface area contributed by atoms with Crippen LogP contribution in [0.15, 0.2) is 0 Å². The Balaban J connectivity index is 0. The van der Waals surface area contributed by atoms with E-state index in [1.54, 1.807) is 0 Å². The first-order chi connectivity index (χ1) is 1.41. The van der Waals surface area contributed by atoms with Crippen molar-refractivity contribution in [2.24, 2.45) is 5.73 Å². The van der Waals surface area contributed by atoms with Crippen molar-refractivity contribution in [3.05, 3.63) is 0 Å². The Bertz CT molecular complexity index is 8.00. The minimum atomic E-state index is 0. The van der Waals surface area contributed by atoms with Gasteiger partial charge in [0.15, 0.2) is 0 Å². The van der Waals surface area contributed by atoms with E-state index in [2.05, 4.69) is 0 Å². The monoisotopic (exact) mass is 186 g/mol. The van der Waals surface area contributed by atoms with Crippen molar-refractivity contribution in [1.29, 1.82) is 0 Å². The van der Waals surface area contributed by atoms with E-state index in [-0.39, 0.29) is 12.4 Å². The summed E-state index contributed by atoms with van der Waals surface area (Å²) in [4.78, 5) is 0. The summed E-state index contributed by atoms with van der Waals surface area (Å²) in [6.45, 7) is 0. The average Bonchev–Trinajstić information content (AvgIpc) is 0.918. The second kappa shape index (κ2) is 8.97. The third-order valence-corrected chi connectivity index (χ3v) is 0. The van der Waals surface area contributed by atoms with Crippen LogP contribution in [-0.4, -0.2) is 27.1 Å². The Morgan fingerprint density at radius 2 is 1.75 bits per heavy atom. The van der Waals surface area contributed by atoms with E-state index in [1.807, 2.05) is 0 Å². The maximum absolute atomic E-state index is 4.89. The number of nitrogens with two attached hydrogens (primary N) is 1. The van der Waals surface area contributed by atoms with Gasteiger partial charge in [-0.25, -0.2) is 0 Å². The van der Waals surface area contributed by atoms with E-state index in [1.165, 1.54) is 22.5 Å². The summed E-state index contributed by atoms with van der Waals surface area (Å²) >= 11 is 1.41. The molecular weight excluding hydrogens is 180 g/mol. The van der Waals surface area contributed by atoms with E-state index < -0.39 is 0 Å². The summed E-state index contributed by atoms with van der Waals surface area (Å²) in [6.07, 6.45) is 0. The molecule has 0 aromatic heterocycles. The molecule has 0 spiro atoms. The predicted molar refractivity (Wildman–Crippen MR) is 22.1 cm³/mol. The van der Waals surface area contributed by atoms with Gasteiger partial charge in [-0.05, 0) is 0 Å². The first-order valence-corrected chi connectivity index (χ1v) is 2.78. The van der Waals surface area contributed by atoms with Crippen molar-refractivity contribution in [2.45, 2.75) is 0 Å². The SMILES string of the molecule is Cl.N[CH2][Sn]. The molecule has 1 nitrogen and oxygen atoms in total. The van der Waals surface area contributed by atoms with Gasteiger partial charge in [-0.15, -0.1) is 12.4 Å². The van der Waals surface area contributed by atoms with Crippen LogP contribution in [0.2, 0.25) is 0 Å². The van der Waals surface area contributed by atoms with Crippen LogP contribution < -0.4 is 5.73 Å². The van der Waals surface area contributed by atoms with Gasteiger partial charge in [0.1, 0.15) is 0 Å². The summed E-state index contributed by atoms with van der Waals surface area (Å²) in [5.74, 6) is 0. The first kappa shape index (κ1) is 8.90. The van der Waals surface area contributed by atoms with E-state index in [9.17, 15) is 0 Å². The summed E-state index contributed by atoms with van der Waals surface area (Å²) in [5.41, 5.74) is 4.89. The Kier molecular flexibility index (Phi) is 20.0. The van der Waals surface area contributed by atoms with Gasteiger partial charge in [0.2, 0.25) is 0 Å². The Hall–Kier alpha value is 1.05. The van der Waals surface area contributed by atoms with Crippen LogP contribution in [0.1, 0.15) is 0 Å². The van der Waals surface area contributed by atoms with Crippen molar-refractivity contribution < 1.29 is 0 Å². The molecule has 0 aliphatic carbocycles. The molecule has 0 unspecified atom stereocenters. The molecule has 0 saturated heterocycles. The first-order valence-electron chi connectivity index (χ1n) is 0.762. The van der Waals surface area contributed by atoms with Crippen molar-refractivity contribution in [1.82, 2.24) is 0 Å². The molecule has 0 heterocycles. The van der Waals surface area contributed by atoms with Crippen LogP contribution in [0.5, 0.6) is 0 Å². The van der Waals surface area contributed by atoms with Crippen LogP contribution in [0, 0.1) is 0 Å². The van der Waals surface area contributed by atoms with Gasteiger partial charge in [-0.2, -0.15) is 0 Å². The third kappa shape index (κ3) is 11.6. The number of halogens is 1. The van der Waals surface area contributed by atoms with Gasteiger partial charge in [-0.3, -0.25) is 0 Å². The second-order valence-electron chi connectivity index (χ2n) is 0.204. The summed E-state index contributed by atoms with van der Waals surface area (Å²) < 4.78 is 0.840. The molecule has 3 radical (unpaired) electrons. The molecule has 0 saturated carbocycles. The van der Waals surface area contributed by atoms with E-state index in [4.69, 9.17) is 5.73 Å². The fourth-order valence-corrected chi connectivity index (χ4v) is 0. The van der Waals surface area contributed by atoms with Gasteiger partial charge >= 0.3 is 32.8 Å². The Labute approximate surface area is 45.4 Å². The van der Waals surface area contributed by atoms with E-state index >= 15 is 0 Å². The summed E-state index contributed by atoms with van der Waals surface area (Å²) in [5, 5.41) is 0. The van der Waals surface area contributed by atoms with Gasteiger partial charge in [-0.1, -0.05) is 0 Å². The molecule has 2 N–H and O–H groups in total. The van der Waals surface area contributed by atoms with Crippen LogP contribution >= 0.6 is 12.4 Å². The second-order valence-corrected chi connectivity index (χ2v) is 1.37. The zero-order valence-corrected chi connectivity index (χ0v) is 5.86. The zero-order chi connectivity index (χ0) is 2.71. The molecule has 25 valence electrons. The molecule has 0 fully saturated rings. The molecule has 0 atom stereocenters. The Morgan fingerprint density at radius 3 is 1.75 bits per heavy atom. The number of rotatable bonds is 0. The number of hydrogen-bond donors (Lipinski definition) is 1. The predicted octanol–water partition coefficient (Wildman–Crippen LogP) is -0.507. The minimum absolute atomic E-state index is 0. The fraction of sp³-hybridized carbons (Fsp3) is 1.00. The van der Waals surface area contributed by atoms with E-state index in [0.717, 1.165) is 4.56 Å². The standard InChI is InChI=1S/CH4N.ClH.Sn/c1-2;;/h1-2H2;1H;. The molecule has 0 aromatic rings. The van der Waals surface area contributed by atoms with Gasteiger partial charge in [0, 0.05) is 0 Å². The van der Waals surface area contributed by atoms with Gasteiger partial charge in [0.25, 0.3) is 0 Å². The van der Waals surface area contributed by atoms with E-state index in [0.29, 0.717) is 0 Å². The summed E-state index contributed by atoms with van der Waals surface area (Å²) in [7, 11) is 0. The van der Waals surface area contributed by atoms with Crippen molar-refractivity contribution >= 4 is 34.9 Å². The van der Waals surface area contributed by atoms with Crippen LogP contribution in [-0.2, 0) is 0 Å². The molecule has 0 bridgehead atoms. The average molecular weight is 185 g/mol. The number of hydrogen-bond acceptors (Lipinski definition) is 1. The van der Waals surface area contributed by atoms with Crippen LogP contribution in [0.25, 0.3) is 0 Å². The molecule has 4 heavy (non-hydrogen) atoms. The van der Waals surface area contributed by atoms with Crippen molar-refractivity contribution in [2.75, 3.05) is 4.56 Å². The molecule has 0 amide bonds. The quantitative estimate of drug-likeness (QED) is 0.506. The van der Waals surface area contributed by atoms with Crippen LogP contribution in [0.4, 0.5) is 0 Å². The zero-order valence-electron chi connectivity index (χ0n) is 2.19.